The number of rotatable bonds is 5. The molecule has 0 radical (unpaired) electrons. The zero-order valence-corrected chi connectivity index (χ0v) is 15.0. The first-order valence-electron chi connectivity index (χ1n) is 7.63. The van der Waals surface area contributed by atoms with Crippen molar-refractivity contribution in [1.29, 1.82) is 0 Å². The summed E-state index contributed by atoms with van der Waals surface area (Å²) in [6.07, 6.45) is -0.0355. The summed E-state index contributed by atoms with van der Waals surface area (Å²) >= 11 is 5.86. The first-order chi connectivity index (χ1) is 12.4. The lowest BCUT2D eigenvalue weighted by atomic mass is 10.2. The van der Waals surface area contributed by atoms with Gasteiger partial charge in [-0.3, -0.25) is 14.5 Å². The lowest BCUT2D eigenvalue weighted by molar-refractivity contribution is -0.144. The van der Waals surface area contributed by atoms with E-state index in [1.165, 1.54) is 18.2 Å². The molecule has 0 spiro atoms. The summed E-state index contributed by atoms with van der Waals surface area (Å²) in [6, 6.07) is 10.3. The number of carbonyl (C=O) groups is 1. The third-order valence-electron chi connectivity index (χ3n) is 3.65. The van der Waals surface area contributed by atoms with Crippen LogP contribution in [0.5, 0.6) is 0 Å². The van der Waals surface area contributed by atoms with Crippen LogP contribution in [0.2, 0.25) is 5.02 Å². The van der Waals surface area contributed by atoms with Gasteiger partial charge in [0.25, 0.3) is 10.0 Å². The molecule has 0 aliphatic carbocycles. The molecular weight excluding hydrogens is 383 g/mol. The van der Waals surface area contributed by atoms with Crippen LogP contribution in [-0.4, -0.2) is 26.8 Å². The van der Waals surface area contributed by atoms with Gasteiger partial charge in [-0.2, -0.15) is 0 Å². The average molecular weight is 397 g/mol. The second-order valence-electron chi connectivity index (χ2n) is 5.48. The lowest BCUT2D eigenvalue weighted by Crippen LogP contribution is -2.22. The molecule has 0 unspecified atom stereocenters. The number of carbonyl (C=O) groups excluding carboxylic acids is 1. The second-order valence-corrected chi connectivity index (χ2v) is 7.54. The molecule has 0 saturated heterocycles. The minimum Gasteiger partial charge on any atom is -0.461 e. The number of ether oxygens (including phenoxy) is 1. The van der Waals surface area contributed by atoms with Gasteiger partial charge in [0.15, 0.2) is 0 Å². The van der Waals surface area contributed by atoms with Crippen molar-refractivity contribution in [2.24, 2.45) is 4.99 Å². The van der Waals surface area contributed by atoms with Crippen molar-refractivity contribution in [3.05, 3.63) is 64.4 Å². The first-order valence-corrected chi connectivity index (χ1v) is 9.49. The van der Waals surface area contributed by atoms with Crippen molar-refractivity contribution in [3.8, 4) is 0 Å². The Labute approximate surface area is 154 Å². The van der Waals surface area contributed by atoms with E-state index in [0.717, 1.165) is 6.07 Å². The molecule has 0 saturated carbocycles. The Kier molecular flexibility index (Phi) is 5.24. The second kappa shape index (κ2) is 7.43. The fraction of sp³-hybridized carbons (Fsp3) is 0.176. The summed E-state index contributed by atoms with van der Waals surface area (Å²) in [5.74, 6) is -0.793. The fourth-order valence-corrected chi connectivity index (χ4v) is 3.85. The predicted octanol–water partition coefficient (Wildman–Crippen LogP) is 2.65. The highest BCUT2D eigenvalue weighted by Crippen LogP contribution is 2.22. The standard InChI is InChI=1S/C17H14ClFN2O4S/c18-14-9-12(19)6-5-11(14)10-25-16(22)7-8-20-17-13-3-1-2-4-15(13)26(23,24)21-17/h1-6,9H,7-8,10H2,(H,20,21). The summed E-state index contributed by atoms with van der Waals surface area (Å²) in [6.45, 7) is -0.0217. The zero-order valence-electron chi connectivity index (χ0n) is 13.4. The number of hydrogen-bond donors (Lipinski definition) is 1. The fourth-order valence-electron chi connectivity index (χ4n) is 2.38. The lowest BCUT2D eigenvalue weighted by Gasteiger charge is -2.06. The minimum absolute atomic E-state index is 0.0355. The highest BCUT2D eigenvalue weighted by atomic mass is 35.5. The molecule has 1 heterocycles. The van der Waals surface area contributed by atoms with Gasteiger partial charge in [0, 0.05) is 11.1 Å². The molecule has 1 aliphatic rings. The van der Waals surface area contributed by atoms with Crippen LogP contribution in [0, 0.1) is 5.82 Å². The third-order valence-corrected chi connectivity index (χ3v) is 5.40. The van der Waals surface area contributed by atoms with Crippen molar-refractivity contribution in [2.75, 3.05) is 6.54 Å². The van der Waals surface area contributed by atoms with Crippen LogP contribution < -0.4 is 4.72 Å². The number of aliphatic imine (C=N–C) groups is 1. The SMILES string of the molecule is O=C(CCN=C1NS(=O)(=O)c2ccccc21)OCc1ccc(F)cc1Cl. The van der Waals surface area contributed by atoms with Gasteiger partial charge in [-0.05, 0) is 24.3 Å². The average Bonchev–Trinajstić information content (AvgIpc) is 2.85. The summed E-state index contributed by atoms with van der Waals surface area (Å²) in [4.78, 5) is 16.1. The van der Waals surface area contributed by atoms with Gasteiger partial charge >= 0.3 is 5.97 Å². The van der Waals surface area contributed by atoms with Crippen molar-refractivity contribution >= 4 is 33.4 Å². The van der Waals surface area contributed by atoms with Crippen LogP contribution in [0.3, 0.4) is 0 Å². The zero-order chi connectivity index (χ0) is 18.7. The Morgan fingerprint density at radius 2 is 2.00 bits per heavy atom. The van der Waals surface area contributed by atoms with Gasteiger partial charge in [0.2, 0.25) is 0 Å². The summed E-state index contributed by atoms with van der Waals surface area (Å²) in [5.41, 5.74) is 0.962. The maximum atomic E-state index is 13.0. The van der Waals surface area contributed by atoms with Crippen LogP contribution in [0.25, 0.3) is 0 Å². The molecule has 0 atom stereocenters. The van der Waals surface area contributed by atoms with E-state index >= 15 is 0 Å². The molecule has 136 valence electrons. The number of halogens is 2. The molecule has 0 fully saturated rings. The molecule has 2 aromatic rings. The molecule has 1 aliphatic heterocycles. The van der Waals surface area contributed by atoms with Crippen molar-refractivity contribution in [3.63, 3.8) is 0 Å². The number of esters is 1. The summed E-state index contributed by atoms with van der Waals surface area (Å²) < 4.78 is 44.3. The van der Waals surface area contributed by atoms with Crippen LogP contribution in [-0.2, 0) is 26.2 Å². The van der Waals surface area contributed by atoms with E-state index in [0.29, 0.717) is 11.1 Å². The van der Waals surface area contributed by atoms with Gasteiger partial charge in [0.1, 0.15) is 18.3 Å². The number of hydrogen-bond acceptors (Lipinski definition) is 5. The van der Waals surface area contributed by atoms with E-state index in [4.69, 9.17) is 16.3 Å². The van der Waals surface area contributed by atoms with Gasteiger partial charge < -0.3 is 4.74 Å². The smallest absolute Gasteiger partial charge is 0.308 e. The van der Waals surface area contributed by atoms with Crippen molar-refractivity contribution in [2.45, 2.75) is 17.9 Å². The van der Waals surface area contributed by atoms with Gasteiger partial charge in [-0.25, -0.2) is 12.8 Å². The topological polar surface area (TPSA) is 84.8 Å². The van der Waals surface area contributed by atoms with Crippen LogP contribution in [0.4, 0.5) is 4.39 Å². The van der Waals surface area contributed by atoms with Crippen molar-refractivity contribution < 1.29 is 22.3 Å². The van der Waals surface area contributed by atoms with Crippen LogP contribution in [0.15, 0.2) is 52.4 Å². The number of benzene rings is 2. The van der Waals surface area contributed by atoms with E-state index in [-0.39, 0.29) is 35.3 Å². The van der Waals surface area contributed by atoms with Crippen LogP contribution in [0.1, 0.15) is 17.5 Å². The highest BCUT2D eigenvalue weighted by Gasteiger charge is 2.29. The number of nitrogens with one attached hydrogen (secondary N) is 1. The molecule has 6 nitrogen and oxygen atoms in total. The first kappa shape index (κ1) is 18.3. The predicted molar refractivity (Wildman–Crippen MR) is 94.0 cm³/mol. The number of nitrogens with zero attached hydrogens (tertiary/aromatic N) is 1. The maximum absolute atomic E-state index is 13.0. The van der Waals surface area contributed by atoms with Crippen LogP contribution >= 0.6 is 11.6 Å². The van der Waals surface area contributed by atoms with E-state index in [2.05, 4.69) is 9.71 Å². The Hall–Kier alpha value is -2.45. The molecule has 0 aromatic heterocycles. The largest absolute Gasteiger partial charge is 0.461 e. The molecule has 1 N–H and O–H groups in total. The van der Waals surface area contributed by atoms with E-state index in [1.807, 2.05) is 0 Å². The number of sulfonamides is 1. The number of amidine groups is 1. The Bertz CT molecular complexity index is 992. The molecule has 9 heteroatoms. The van der Waals surface area contributed by atoms with E-state index < -0.39 is 21.8 Å². The normalized spacial score (nSPS) is 16.2. The third kappa shape index (κ3) is 4.03. The van der Waals surface area contributed by atoms with Gasteiger partial charge in [-0.1, -0.05) is 29.8 Å². The Morgan fingerprint density at radius 3 is 2.77 bits per heavy atom. The Balaban J connectivity index is 1.57. The van der Waals surface area contributed by atoms with E-state index in [1.54, 1.807) is 18.2 Å². The van der Waals surface area contributed by atoms with Gasteiger partial charge in [0.05, 0.1) is 22.9 Å². The monoisotopic (exact) mass is 396 g/mol. The quantitative estimate of drug-likeness (QED) is 0.787. The molecule has 26 heavy (non-hydrogen) atoms. The van der Waals surface area contributed by atoms with Crippen molar-refractivity contribution in [1.82, 2.24) is 4.72 Å². The van der Waals surface area contributed by atoms with E-state index in [9.17, 15) is 17.6 Å². The molecule has 0 bridgehead atoms. The minimum atomic E-state index is -3.60. The molecule has 3 rings (SSSR count). The van der Waals surface area contributed by atoms with Gasteiger partial charge in [-0.15, -0.1) is 0 Å². The number of fused-ring (bicyclic) bond motifs is 1. The Morgan fingerprint density at radius 1 is 1.23 bits per heavy atom. The summed E-state index contributed by atoms with van der Waals surface area (Å²) in [7, 11) is -3.60. The molecular formula is C17H14ClFN2O4S. The maximum Gasteiger partial charge on any atom is 0.308 e. The highest BCUT2D eigenvalue weighted by molar-refractivity contribution is 7.90. The molecule has 0 amide bonds. The molecule has 2 aromatic carbocycles. The summed E-state index contributed by atoms with van der Waals surface area (Å²) in [5, 5.41) is 0.176.